The van der Waals surface area contributed by atoms with Gasteiger partial charge >= 0.3 is 0 Å². The van der Waals surface area contributed by atoms with Crippen LogP contribution < -0.4 is 4.90 Å². The molecule has 1 heterocycles. The maximum atomic E-state index is 13.4. The fraction of sp³-hybridized carbons (Fsp3) is 0.500. The van der Waals surface area contributed by atoms with Crippen molar-refractivity contribution in [2.45, 2.75) is 33.2 Å². The van der Waals surface area contributed by atoms with Gasteiger partial charge in [-0.05, 0) is 47.5 Å². The van der Waals surface area contributed by atoms with Gasteiger partial charge in [-0.1, -0.05) is 6.92 Å². The number of benzene rings is 1. The van der Waals surface area contributed by atoms with Crippen molar-refractivity contribution >= 4 is 27.4 Å². The smallest absolute Gasteiger partial charge is 0.139 e. The Labute approximate surface area is 115 Å². The largest absolute Gasteiger partial charge is 0.367 e. The Morgan fingerprint density at radius 1 is 1.39 bits per heavy atom. The van der Waals surface area contributed by atoms with Crippen LogP contribution in [0.25, 0.3) is 0 Å². The van der Waals surface area contributed by atoms with Gasteiger partial charge in [0, 0.05) is 30.6 Å². The molecule has 2 atom stereocenters. The molecule has 0 radical (unpaired) electrons. The summed E-state index contributed by atoms with van der Waals surface area (Å²) in [7, 11) is 0. The Hall–Kier alpha value is -0.900. The van der Waals surface area contributed by atoms with Crippen LogP contribution in [-0.4, -0.2) is 18.4 Å². The molecule has 1 saturated heterocycles. The van der Waals surface area contributed by atoms with E-state index in [0.717, 1.165) is 11.3 Å². The summed E-state index contributed by atoms with van der Waals surface area (Å²) >= 11 is 3.23. The molecule has 1 aliphatic heterocycles. The zero-order chi connectivity index (χ0) is 13.4. The monoisotopic (exact) mass is 313 g/mol. The average Bonchev–Trinajstić information content (AvgIpc) is 2.32. The number of Topliss-reactive ketones (excluding diaryl/α,β-unsaturated/α-hetero) is 1. The first-order valence-corrected chi connectivity index (χ1v) is 6.96. The normalized spacial score (nSPS) is 24.5. The highest BCUT2D eigenvalue weighted by atomic mass is 79.9. The van der Waals surface area contributed by atoms with Crippen molar-refractivity contribution in [3.63, 3.8) is 0 Å². The van der Waals surface area contributed by atoms with Crippen molar-refractivity contribution in [2.24, 2.45) is 5.92 Å². The molecule has 0 saturated carbocycles. The maximum Gasteiger partial charge on any atom is 0.139 e. The van der Waals surface area contributed by atoms with Gasteiger partial charge in [-0.25, -0.2) is 4.39 Å². The number of halogens is 2. The average molecular weight is 314 g/mol. The summed E-state index contributed by atoms with van der Waals surface area (Å²) in [5.74, 6) is 0.101. The van der Waals surface area contributed by atoms with Crippen molar-refractivity contribution in [2.75, 3.05) is 11.4 Å². The first-order valence-electron chi connectivity index (χ1n) is 6.17. The van der Waals surface area contributed by atoms with Crippen molar-refractivity contribution in [1.29, 1.82) is 0 Å². The number of aryl methyl sites for hydroxylation is 1. The number of hydrogen-bond donors (Lipinski definition) is 0. The maximum absolute atomic E-state index is 13.4. The highest BCUT2D eigenvalue weighted by Gasteiger charge is 2.31. The van der Waals surface area contributed by atoms with Crippen LogP contribution in [0.15, 0.2) is 16.6 Å². The van der Waals surface area contributed by atoms with E-state index in [4.69, 9.17) is 0 Å². The first-order chi connectivity index (χ1) is 8.41. The van der Waals surface area contributed by atoms with E-state index in [1.54, 1.807) is 0 Å². The van der Waals surface area contributed by atoms with E-state index in [9.17, 15) is 9.18 Å². The molecule has 0 amide bonds. The Morgan fingerprint density at radius 3 is 2.72 bits per heavy atom. The van der Waals surface area contributed by atoms with Gasteiger partial charge in [0.15, 0.2) is 0 Å². The molecule has 0 spiro atoms. The lowest BCUT2D eigenvalue weighted by molar-refractivity contribution is -0.123. The Kier molecular flexibility index (Phi) is 3.76. The second-order valence-electron chi connectivity index (χ2n) is 4.99. The van der Waals surface area contributed by atoms with E-state index in [-0.39, 0.29) is 17.8 Å². The minimum atomic E-state index is -0.245. The Morgan fingerprint density at radius 2 is 2.06 bits per heavy atom. The number of nitrogens with zero attached hydrogens (tertiary/aromatic N) is 1. The molecule has 0 bridgehead atoms. The highest BCUT2D eigenvalue weighted by molar-refractivity contribution is 9.10. The first kappa shape index (κ1) is 13.5. The van der Waals surface area contributed by atoms with E-state index in [0.29, 0.717) is 23.2 Å². The van der Waals surface area contributed by atoms with Crippen LogP contribution in [0.2, 0.25) is 0 Å². The van der Waals surface area contributed by atoms with E-state index in [2.05, 4.69) is 27.8 Å². The van der Waals surface area contributed by atoms with Crippen molar-refractivity contribution in [1.82, 2.24) is 0 Å². The molecule has 0 aliphatic carbocycles. The van der Waals surface area contributed by atoms with Gasteiger partial charge in [-0.15, -0.1) is 0 Å². The molecule has 2 unspecified atom stereocenters. The van der Waals surface area contributed by atoms with Gasteiger partial charge in [0.05, 0.1) is 4.47 Å². The second kappa shape index (κ2) is 5.00. The van der Waals surface area contributed by atoms with Gasteiger partial charge < -0.3 is 4.90 Å². The summed E-state index contributed by atoms with van der Waals surface area (Å²) in [4.78, 5) is 13.9. The molecule has 0 aromatic heterocycles. The number of piperidine rings is 1. The van der Waals surface area contributed by atoms with Crippen LogP contribution in [0, 0.1) is 18.7 Å². The molecular formula is C14H17BrFNO. The number of rotatable bonds is 1. The van der Waals surface area contributed by atoms with Crippen LogP contribution >= 0.6 is 15.9 Å². The molecular weight excluding hydrogens is 297 g/mol. The molecule has 1 aromatic carbocycles. The van der Waals surface area contributed by atoms with Crippen molar-refractivity contribution in [3.8, 4) is 0 Å². The number of ketones is 1. The Balaban J connectivity index is 2.37. The molecule has 1 aromatic rings. The van der Waals surface area contributed by atoms with E-state index < -0.39 is 0 Å². The third-order valence-electron chi connectivity index (χ3n) is 3.87. The molecule has 98 valence electrons. The second-order valence-corrected chi connectivity index (χ2v) is 5.85. The van der Waals surface area contributed by atoms with E-state index in [1.807, 2.05) is 19.9 Å². The topological polar surface area (TPSA) is 20.3 Å². The quantitative estimate of drug-likeness (QED) is 0.788. The predicted octanol–water partition coefficient (Wildman–Crippen LogP) is 3.70. The molecule has 2 rings (SSSR count). The minimum Gasteiger partial charge on any atom is -0.367 e. The van der Waals surface area contributed by atoms with Gasteiger partial charge in [-0.3, -0.25) is 4.79 Å². The van der Waals surface area contributed by atoms with Gasteiger partial charge in [0.25, 0.3) is 0 Å². The lowest BCUT2D eigenvalue weighted by Gasteiger charge is -2.39. The van der Waals surface area contributed by atoms with Crippen LogP contribution in [0.4, 0.5) is 10.1 Å². The van der Waals surface area contributed by atoms with Gasteiger partial charge in [0.2, 0.25) is 0 Å². The van der Waals surface area contributed by atoms with Crippen LogP contribution in [0.3, 0.4) is 0 Å². The highest BCUT2D eigenvalue weighted by Crippen LogP contribution is 2.32. The number of hydrogen-bond acceptors (Lipinski definition) is 2. The van der Waals surface area contributed by atoms with Crippen LogP contribution in [0.5, 0.6) is 0 Å². The molecule has 0 N–H and O–H groups in total. The number of anilines is 1. The van der Waals surface area contributed by atoms with Crippen LogP contribution in [0.1, 0.15) is 25.8 Å². The molecule has 18 heavy (non-hydrogen) atoms. The molecule has 1 fully saturated rings. The number of carbonyl (C=O) groups is 1. The van der Waals surface area contributed by atoms with Crippen LogP contribution in [-0.2, 0) is 4.79 Å². The lowest BCUT2D eigenvalue weighted by Crippen LogP contribution is -2.47. The Bertz CT molecular complexity index is 489. The minimum absolute atomic E-state index is 0.0296. The summed E-state index contributed by atoms with van der Waals surface area (Å²) in [6.07, 6.45) is 0.569. The standard InChI is InChI=1S/C14H17BrFNO/c1-8-6-12(16)11(15)7-13(8)17-5-4-14(18)9(2)10(17)3/h6-7,9-10H,4-5H2,1-3H3. The van der Waals surface area contributed by atoms with E-state index >= 15 is 0 Å². The van der Waals surface area contributed by atoms with Crippen molar-refractivity contribution < 1.29 is 9.18 Å². The van der Waals surface area contributed by atoms with E-state index in [1.165, 1.54) is 6.07 Å². The van der Waals surface area contributed by atoms with Gasteiger partial charge in [0.1, 0.15) is 11.6 Å². The summed E-state index contributed by atoms with van der Waals surface area (Å²) in [6.45, 7) is 6.63. The summed E-state index contributed by atoms with van der Waals surface area (Å²) in [6, 6.07) is 3.50. The van der Waals surface area contributed by atoms with Crippen molar-refractivity contribution in [3.05, 3.63) is 28.0 Å². The predicted molar refractivity (Wildman–Crippen MR) is 74.4 cm³/mol. The summed E-state index contributed by atoms with van der Waals surface area (Å²) in [5.41, 5.74) is 1.92. The van der Waals surface area contributed by atoms with Gasteiger partial charge in [-0.2, -0.15) is 0 Å². The zero-order valence-electron chi connectivity index (χ0n) is 10.8. The third kappa shape index (κ3) is 2.30. The SMILES string of the molecule is Cc1cc(F)c(Br)cc1N1CCC(=O)C(C)C1C. The zero-order valence-corrected chi connectivity index (χ0v) is 12.4. The number of carbonyl (C=O) groups excluding carboxylic acids is 1. The third-order valence-corrected chi connectivity index (χ3v) is 4.48. The summed E-state index contributed by atoms with van der Waals surface area (Å²) in [5, 5.41) is 0. The summed E-state index contributed by atoms with van der Waals surface area (Å²) < 4.78 is 13.9. The molecule has 1 aliphatic rings. The lowest BCUT2D eigenvalue weighted by atomic mass is 9.90. The molecule has 4 heteroatoms. The molecule has 2 nitrogen and oxygen atoms in total. The fourth-order valence-electron chi connectivity index (χ4n) is 2.49. The fourth-order valence-corrected chi connectivity index (χ4v) is 2.82.